The van der Waals surface area contributed by atoms with Crippen molar-refractivity contribution in [2.45, 2.75) is 26.9 Å². The Bertz CT molecular complexity index is 839. The van der Waals surface area contributed by atoms with Crippen molar-refractivity contribution in [2.24, 2.45) is 0 Å². The number of nitrogens with zero attached hydrogens (tertiary/aromatic N) is 3. The van der Waals surface area contributed by atoms with Gasteiger partial charge < -0.3 is 14.5 Å². The van der Waals surface area contributed by atoms with Crippen molar-refractivity contribution in [3.8, 4) is 10.6 Å². The highest BCUT2D eigenvalue weighted by Gasteiger charge is 2.29. The lowest BCUT2D eigenvalue weighted by atomic mass is 10.2. The van der Waals surface area contributed by atoms with Gasteiger partial charge >= 0.3 is 5.97 Å². The van der Waals surface area contributed by atoms with Gasteiger partial charge in [0.15, 0.2) is 6.10 Å². The van der Waals surface area contributed by atoms with Crippen molar-refractivity contribution in [3.63, 3.8) is 0 Å². The van der Waals surface area contributed by atoms with Gasteiger partial charge in [-0.05, 0) is 25.3 Å². The Labute approximate surface area is 165 Å². The molecule has 0 N–H and O–H groups in total. The fourth-order valence-corrected chi connectivity index (χ4v) is 4.52. The van der Waals surface area contributed by atoms with Crippen molar-refractivity contribution in [1.29, 1.82) is 0 Å². The van der Waals surface area contributed by atoms with E-state index in [0.29, 0.717) is 36.8 Å². The van der Waals surface area contributed by atoms with Crippen LogP contribution < -0.4 is 0 Å². The third-order valence-electron chi connectivity index (χ3n) is 4.42. The molecule has 2 amide bonds. The van der Waals surface area contributed by atoms with Crippen molar-refractivity contribution in [3.05, 3.63) is 27.4 Å². The van der Waals surface area contributed by atoms with Crippen LogP contribution in [0.1, 0.15) is 29.2 Å². The molecule has 2 aromatic rings. The molecule has 0 saturated carbocycles. The monoisotopic (exact) mass is 407 g/mol. The molecule has 0 aliphatic carbocycles. The molecule has 1 fully saturated rings. The van der Waals surface area contributed by atoms with E-state index >= 15 is 0 Å². The van der Waals surface area contributed by atoms with E-state index in [-0.39, 0.29) is 11.8 Å². The summed E-state index contributed by atoms with van der Waals surface area (Å²) in [4.78, 5) is 44.6. The van der Waals surface area contributed by atoms with Crippen LogP contribution in [0.15, 0.2) is 16.8 Å². The predicted molar refractivity (Wildman–Crippen MR) is 104 cm³/mol. The van der Waals surface area contributed by atoms with E-state index in [1.165, 1.54) is 18.3 Å². The topological polar surface area (TPSA) is 79.8 Å². The summed E-state index contributed by atoms with van der Waals surface area (Å²) in [7, 11) is 0. The SMILES string of the molecule is CC(=O)N1CCN(C(=O)C(C)OC(=O)c2sc(-c3ccsc3)nc2C)CC1. The average molecular weight is 408 g/mol. The zero-order valence-electron chi connectivity index (χ0n) is 15.4. The molecule has 2 aromatic heterocycles. The first-order valence-electron chi connectivity index (χ1n) is 8.62. The summed E-state index contributed by atoms with van der Waals surface area (Å²) in [6, 6.07) is 1.95. The van der Waals surface area contributed by atoms with Gasteiger partial charge in [-0.2, -0.15) is 11.3 Å². The van der Waals surface area contributed by atoms with Crippen LogP contribution in [0.5, 0.6) is 0 Å². The van der Waals surface area contributed by atoms with Crippen molar-refractivity contribution < 1.29 is 19.1 Å². The van der Waals surface area contributed by atoms with Gasteiger partial charge in [0.2, 0.25) is 5.91 Å². The van der Waals surface area contributed by atoms with Gasteiger partial charge in [0, 0.05) is 44.0 Å². The van der Waals surface area contributed by atoms with Crippen LogP contribution in [0.3, 0.4) is 0 Å². The predicted octanol–water partition coefficient (Wildman–Crippen LogP) is 2.42. The Balaban J connectivity index is 1.61. The fraction of sp³-hybridized carbons (Fsp3) is 0.444. The van der Waals surface area contributed by atoms with Gasteiger partial charge in [-0.25, -0.2) is 9.78 Å². The first kappa shape index (κ1) is 19.5. The molecule has 144 valence electrons. The number of ether oxygens (including phenoxy) is 1. The van der Waals surface area contributed by atoms with Gasteiger partial charge in [0.25, 0.3) is 5.91 Å². The number of hydrogen-bond donors (Lipinski definition) is 0. The lowest BCUT2D eigenvalue weighted by molar-refractivity contribution is -0.144. The second-order valence-electron chi connectivity index (χ2n) is 6.32. The molecular formula is C18H21N3O4S2. The second-order valence-corrected chi connectivity index (χ2v) is 8.10. The minimum Gasteiger partial charge on any atom is -0.448 e. The summed E-state index contributed by atoms with van der Waals surface area (Å²) in [6.07, 6.45) is -0.882. The summed E-state index contributed by atoms with van der Waals surface area (Å²) in [5, 5.41) is 4.69. The summed E-state index contributed by atoms with van der Waals surface area (Å²) < 4.78 is 5.40. The molecule has 1 unspecified atom stereocenters. The number of aryl methyl sites for hydroxylation is 1. The van der Waals surface area contributed by atoms with Crippen LogP contribution in [-0.4, -0.2) is 64.9 Å². The highest BCUT2D eigenvalue weighted by atomic mass is 32.1. The van der Waals surface area contributed by atoms with Crippen molar-refractivity contribution in [1.82, 2.24) is 14.8 Å². The van der Waals surface area contributed by atoms with E-state index in [1.54, 1.807) is 35.0 Å². The standard InChI is InChI=1S/C18H21N3O4S2/c1-11-15(27-16(19-11)14-4-9-26-10-14)18(24)25-12(2)17(23)21-7-5-20(6-8-21)13(3)22/h4,9-10,12H,5-8H2,1-3H3. The summed E-state index contributed by atoms with van der Waals surface area (Å²) in [5.74, 6) is -0.773. The van der Waals surface area contributed by atoms with Crippen LogP contribution in [0, 0.1) is 6.92 Å². The largest absolute Gasteiger partial charge is 0.448 e. The number of piperazine rings is 1. The number of rotatable bonds is 4. The maximum absolute atomic E-state index is 12.6. The first-order chi connectivity index (χ1) is 12.9. The highest BCUT2D eigenvalue weighted by molar-refractivity contribution is 7.17. The smallest absolute Gasteiger partial charge is 0.351 e. The summed E-state index contributed by atoms with van der Waals surface area (Å²) in [5.41, 5.74) is 1.57. The molecule has 3 heterocycles. The zero-order chi connectivity index (χ0) is 19.6. The lowest BCUT2D eigenvalue weighted by Crippen LogP contribution is -2.52. The van der Waals surface area contributed by atoms with Gasteiger partial charge in [-0.15, -0.1) is 11.3 Å². The third kappa shape index (κ3) is 4.36. The number of aromatic nitrogens is 1. The molecule has 1 aliphatic heterocycles. The maximum atomic E-state index is 12.6. The number of hydrogen-bond acceptors (Lipinski definition) is 7. The zero-order valence-corrected chi connectivity index (χ0v) is 17.1. The molecule has 3 rings (SSSR count). The van der Waals surface area contributed by atoms with E-state index in [4.69, 9.17) is 4.74 Å². The molecule has 0 spiro atoms. The van der Waals surface area contributed by atoms with Crippen LogP contribution in [-0.2, 0) is 14.3 Å². The summed E-state index contributed by atoms with van der Waals surface area (Å²) >= 11 is 2.84. The van der Waals surface area contributed by atoms with Crippen LogP contribution in [0.2, 0.25) is 0 Å². The number of carbonyl (C=O) groups excluding carboxylic acids is 3. The van der Waals surface area contributed by atoms with E-state index < -0.39 is 12.1 Å². The molecule has 1 aliphatic rings. The molecule has 27 heavy (non-hydrogen) atoms. The van der Waals surface area contributed by atoms with Gasteiger partial charge in [0.1, 0.15) is 9.88 Å². The van der Waals surface area contributed by atoms with Crippen molar-refractivity contribution >= 4 is 40.5 Å². The quantitative estimate of drug-likeness (QED) is 0.727. The highest BCUT2D eigenvalue weighted by Crippen LogP contribution is 2.30. The Hall–Kier alpha value is -2.26. The minimum atomic E-state index is -0.882. The molecule has 7 nitrogen and oxygen atoms in total. The van der Waals surface area contributed by atoms with E-state index in [9.17, 15) is 14.4 Å². The van der Waals surface area contributed by atoms with Gasteiger partial charge in [-0.3, -0.25) is 9.59 Å². The number of amides is 2. The van der Waals surface area contributed by atoms with Crippen LogP contribution >= 0.6 is 22.7 Å². The van der Waals surface area contributed by atoms with Crippen molar-refractivity contribution in [2.75, 3.05) is 26.2 Å². The Kier molecular flexibility index (Phi) is 5.91. The lowest BCUT2D eigenvalue weighted by Gasteiger charge is -2.35. The van der Waals surface area contributed by atoms with Crippen LogP contribution in [0.25, 0.3) is 10.6 Å². The number of thiazole rings is 1. The third-order valence-corrected chi connectivity index (χ3v) is 6.29. The minimum absolute atomic E-state index is 0.00340. The Morgan fingerprint density at radius 2 is 1.85 bits per heavy atom. The maximum Gasteiger partial charge on any atom is 0.351 e. The molecule has 0 radical (unpaired) electrons. The molecule has 1 atom stereocenters. The normalized spacial score (nSPS) is 15.5. The van der Waals surface area contributed by atoms with Gasteiger partial charge in [-0.1, -0.05) is 0 Å². The fourth-order valence-electron chi connectivity index (χ4n) is 2.86. The van der Waals surface area contributed by atoms with E-state index in [2.05, 4.69) is 4.98 Å². The molecule has 0 aromatic carbocycles. The first-order valence-corrected chi connectivity index (χ1v) is 10.4. The molecular weight excluding hydrogens is 386 g/mol. The van der Waals surface area contributed by atoms with Crippen LogP contribution in [0.4, 0.5) is 0 Å². The Morgan fingerprint density at radius 1 is 1.19 bits per heavy atom. The van der Waals surface area contributed by atoms with Gasteiger partial charge in [0.05, 0.1) is 5.69 Å². The summed E-state index contributed by atoms with van der Waals surface area (Å²) in [6.45, 7) is 6.75. The average Bonchev–Trinajstić information content (AvgIpc) is 3.30. The van der Waals surface area contributed by atoms with E-state index in [0.717, 1.165) is 10.6 Å². The Morgan fingerprint density at radius 3 is 2.44 bits per heavy atom. The van der Waals surface area contributed by atoms with E-state index in [1.807, 2.05) is 16.8 Å². The molecule has 9 heteroatoms. The second kappa shape index (κ2) is 8.18. The number of esters is 1. The number of thiophene rings is 1. The number of carbonyl (C=O) groups is 3. The molecule has 0 bridgehead atoms. The molecule has 1 saturated heterocycles.